The van der Waals surface area contributed by atoms with Crippen molar-refractivity contribution in [1.82, 2.24) is 0 Å². The maximum atomic E-state index is 11.9. The van der Waals surface area contributed by atoms with Crippen molar-refractivity contribution in [3.05, 3.63) is 47.9 Å². The SMILES string of the molecule is O=C(c1ccc2c(c1)OCO2)c1ccco1. The number of rotatable bonds is 2. The predicted octanol–water partition coefficient (Wildman–Crippen LogP) is 2.24. The lowest BCUT2D eigenvalue weighted by Gasteiger charge is -1.99. The van der Waals surface area contributed by atoms with Crippen molar-refractivity contribution >= 4 is 5.78 Å². The summed E-state index contributed by atoms with van der Waals surface area (Å²) in [6.45, 7) is 0.202. The Labute approximate surface area is 91.4 Å². The fraction of sp³-hybridized carbons (Fsp3) is 0.0833. The summed E-state index contributed by atoms with van der Waals surface area (Å²) in [5.74, 6) is 1.41. The number of ketones is 1. The Morgan fingerprint density at radius 3 is 2.81 bits per heavy atom. The van der Waals surface area contributed by atoms with Gasteiger partial charge in [-0.1, -0.05) is 0 Å². The van der Waals surface area contributed by atoms with Crippen LogP contribution in [0.3, 0.4) is 0 Å². The lowest BCUT2D eigenvalue weighted by molar-refractivity contribution is 0.101. The van der Waals surface area contributed by atoms with Crippen LogP contribution in [0.25, 0.3) is 0 Å². The van der Waals surface area contributed by atoms with E-state index in [9.17, 15) is 4.79 Å². The number of ether oxygens (including phenoxy) is 2. The van der Waals surface area contributed by atoms with Crippen LogP contribution < -0.4 is 9.47 Å². The standard InChI is InChI=1S/C12H8O4/c13-12(10-2-1-5-14-10)8-3-4-9-11(6-8)16-7-15-9/h1-6H,7H2. The first-order valence-corrected chi connectivity index (χ1v) is 4.82. The highest BCUT2D eigenvalue weighted by atomic mass is 16.7. The van der Waals surface area contributed by atoms with Gasteiger partial charge in [-0.3, -0.25) is 4.79 Å². The van der Waals surface area contributed by atoms with Gasteiger partial charge in [-0.05, 0) is 30.3 Å². The van der Waals surface area contributed by atoms with Gasteiger partial charge >= 0.3 is 0 Å². The molecule has 3 rings (SSSR count). The zero-order valence-electron chi connectivity index (χ0n) is 8.30. The number of hydrogen-bond donors (Lipinski definition) is 0. The van der Waals surface area contributed by atoms with E-state index < -0.39 is 0 Å². The highest BCUT2D eigenvalue weighted by Crippen LogP contribution is 2.33. The van der Waals surface area contributed by atoms with Gasteiger partial charge in [0.15, 0.2) is 17.3 Å². The van der Waals surface area contributed by atoms with E-state index in [4.69, 9.17) is 13.9 Å². The van der Waals surface area contributed by atoms with Crippen molar-refractivity contribution in [1.29, 1.82) is 0 Å². The Morgan fingerprint density at radius 2 is 2.00 bits per heavy atom. The molecule has 0 bridgehead atoms. The zero-order chi connectivity index (χ0) is 11.0. The minimum Gasteiger partial charge on any atom is -0.461 e. The van der Waals surface area contributed by atoms with E-state index in [1.165, 1.54) is 6.26 Å². The van der Waals surface area contributed by atoms with Crippen LogP contribution >= 0.6 is 0 Å². The molecule has 0 radical (unpaired) electrons. The van der Waals surface area contributed by atoms with Crippen molar-refractivity contribution < 1.29 is 18.7 Å². The molecule has 1 aromatic heterocycles. The van der Waals surface area contributed by atoms with Crippen LogP contribution in [0.5, 0.6) is 11.5 Å². The summed E-state index contributed by atoms with van der Waals surface area (Å²) in [6, 6.07) is 8.39. The molecule has 4 heteroatoms. The van der Waals surface area contributed by atoms with E-state index in [-0.39, 0.29) is 12.6 Å². The van der Waals surface area contributed by atoms with Crippen LogP contribution in [0, 0.1) is 0 Å². The minimum atomic E-state index is -0.164. The summed E-state index contributed by atoms with van der Waals surface area (Å²) in [5, 5.41) is 0. The number of carbonyl (C=O) groups is 1. The Bertz CT molecular complexity index is 528. The van der Waals surface area contributed by atoms with Gasteiger partial charge in [0, 0.05) is 5.56 Å². The average molecular weight is 216 g/mol. The molecule has 0 N–H and O–H groups in total. The summed E-state index contributed by atoms with van der Waals surface area (Å²) in [4.78, 5) is 11.9. The maximum Gasteiger partial charge on any atom is 0.231 e. The zero-order valence-corrected chi connectivity index (χ0v) is 8.30. The summed E-state index contributed by atoms with van der Waals surface area (Å²) in [6.07, 6.45) is 1.47. The summed E-state index contributed by atoms with van der Waals surface area (Å²) in [7, 11) is 0. The third kappa shape index (κ3) is 1.35. The van der Waals surface area contributed by atoms with Gasteiger partial charge in [0.2, 0.25) is 12.6 Å². The first kappa shape index (κ1) is 9.03. The first-order valence-electron chi connectivity index (χ1n) is 4.82. The van der Waals surface area contributed by atoms with Gasteiger partial charge in [0.25, 0.3) is 0 Å². The number of furan rings is 1. The molecule has 0 saturated carbocycles. The molecule has 0 aliphatic carbocycles. The molecule has 2 heterocycles. The fourth-order valence-electron chi connectivity index (χ4n) is 1.59. The van der Waals surface area contributed by atoms with Crippen LogP contribution in [0.2, 0.25) is 0 Å². The Hall–Kier alpha value is -2.23. The molecule has 2 aromatic rings. The maximum absolute atomic E-state index is 11.9. The molecular weight excluding hydrogens is 208 g/mol. The summed E-state index contributed by atoms with van der Waals surface area (Å²) >= 11 is 0. The number of hydrogen-bond acceptors (Lipinski definition) is 4. The molecule has 0 amide bonds. The number of fused-ring (bicyclic) bond motifs is 1. The number of benzene rings is 1. The highest BCUT2D eigenvalue weighted by molar-refractivity contribution is 6.07. The van der Waals surface area contributed by atoms with Gasteiger partial charge in [0.1, 0.15) is 0 Å². The molecule has 16 heavy (non-hydrogen) atoms. The van der Waals surface area contributed by atoms with Crippen molar-refractivity contribution in [2.75, 3.05) is 6.79 Å². The molecule has 0 saturated heterocycles. The van der Waals surface area contributed by atoms with Crippen LogP contribution in [-0.2, 0) is 0 Å². The second-order valence-electron chi connectivity index (χ2n) is 3.37. The molecule has 0 spiro atoms. The van der Waals surface area contributed by atoms with Gasteiger partial charge < -0.3 is 13.9 Å². The lowest BCUT2D eigenvalue weighted by Crippen LogP contribution is -1.99. The number of carbonyl (C=O) groups excluding carboxylic acids is 1. The second kappa shape index (κ2) is 3.41. The fourth-order valence-corrected chi connectivity index (χ4v) is 1.59. The van der Waals surface area contributed by atoms with Crippen LogP contribution in [-0.4, -0.2) is 12.6 Å². The minimum absolute atomic E-state index is 0.164. The van der Waals surface area contributed by atoms with E-state index in [0.717, 1.165) is 0 Å². The average Bonchev–Trinajstić information content (AvgIpc) is 2.98. The van der Waals surface area contributed by atoms with Crippen molar-refractivity contribution in [2.45, 2.75) is 0 Å². The molecule has 1 aromatic carbocycles. The van der Waals surface area contributed by atoms with E-state index in [2.05, 4.69) is 0 Å². The smallest absolute Gasteiger partial charge is 0.231 e. The Kier molecular flexibility index (Phi) is 1.93. The molecule has 80 valence electrons. The van der Waals surface area contributed by atoms with E-state index in [1.807, 2.05) is 0 Å². The Morgan fingerprint density at radius 1 is 1.12 bits per heavy atom. The van der Waals surface area contributed by atoms with E-state index in [0.29, 0.717) is 22.8 Å². The van der Waals surface area contributed by atoms with Gasteiger partial charge in [-0.25, -0.2) is 0 Å². The van der Waals surface area contributed by atoms with Gasteiger partial charge in [-0.15, -0.1) is 0 Å². The summed E-state index contributed by atoms with van der Waals surface area (Å²) < 4.78 is 15.4. The second-order valence-corrected chi connectivity index (χ2v) is 3.37. The van der Waals surface area contributed by atoms with Gasteiger partial charge in [-0.2, -0.15) is 0 Å². The van der Waals surface area contributed by atoms with Gasteiger partial charge in [0.05, 0.1) is 6.26 Å². The van der Waals surface area contributed by atoms with E-state index >= 15 is 0 Å². The highest BCUT2D eigenvalue weighted by Gasteiger charge is 2.18. The van der Waals surface area contributed by atoms with Crippen LogP contribution in [0.15, 0.2) is 41.0 Å². The molecule has 4 nitrogen and oxygen atoms in total. The topological polar surface area (TPSA) is 48.7 Å². The monoisotopic (exact) mass is 216 g/mol. The van der Waals surface area contributed by atoms with Crippen LogP contribution in [0.1, 0.15) is 16.1 Å². The molecule has 1 aliphatic heterocycles. The first-order chi connectivity index (χ1) is 7.84. The van der Waals surface area contributed by atoms with Crippen molar-refractivity contribution in [3.8, 4) is 11.5 Å². The Balaban J connectivity index is 1.99. The largest absolute Gasteiger partial charge is 0.461 e. The third-order valence-electron chi connectivity index (χ3n) is 2.38. The van der Waals surface area contributed by atoms with Crippen molar-refractivity contribution in [2.24, 2.45) is 0 Å². The molecular formula is C12H8O4. The van der Waals surface area contributed by atoms with Crippen LogP contribution in [0.4, 0.5) is 0 Å². The quantitative estimate of drug-likeness (QED) is 0.722. The normalized spacial score (nSPS) is 12.8. The molecule has 1 aliphatic rings. The van der Waals surface area contributed by atoms with Crippen molar-refractivity contribution in [3.63, 3.8) is 0 Å². The summed E-state index contributed by atoms with van der Waals surface area (Å²) in [5.41, 5.74) is 0.527. The van der Waals surface area contributed by atoms with E-state index in [1.54, 1.807) is 30.3 Å². The molecule has 0 fully saturated rings. The lowest BCUT2D eigenvalue weighted by atomic mass is 10.1. The molecule has 0 atom stereocenters. The third-order valence-corrected chi connectivity index (χ3v) is 2.38. The predicted molar refractivity (Wildman–Crippen MR) is 54.7 cm³/mol. The molecule has 0 unspecified atom stereocenters.